The highest BCUT2D eigenvalue weighted by Crippen LogP contribution is 2.14. The predicted octanol–water partition coefficient (Wildman–Crippen LogP) is 3.83. The van der Waals surface area contributed by atoms with Crippen LogP contribution in [0.15, 0.2) is 21.8 Å². The van der Waals surface area contributed by atoms with E-state index in [0.29, 0.717) is 12.4 Å². The molecule has 0 aliphatic heterocycles. The third-order valence-electron chi connectivity index (χ3n) is 3.98. The van der Waals surface area contributed by atoms with Crippen LogP contribution >= 0.6 is 35.6 Å². The average Bonchev–Trinajstić information content (AvgIpc) is 3.17. The number of nitrogens with one attached hydrogen (secondary N) is 1. The molecule has 0 bridgehead atoms. The van der Waals surface area contributed by atoms with Gasteiger partial charge in [0.15, 0.2) is 11.8 Å². The zero-order valence-electron chi connectivity index (χ0n) is 16.7. The van der Waals surface area contributed by atoms with Gasteiger partial charge in [0.1, 0.15) is 0 Å². The molecule has 2 rings (SSSR count). The van der Waals surface area contributed by atoms with Crippen LogP contribution in [0.25, 0.3) is 0 Å². The van der Waals surface area contributed by atoms with Gasteiger partial charge in [-0.25, -0.2) is 0 Å². The van der Waals surface area contributed by atoms with Crippen molar-refractivity contribution in [1.82, 2.24) is 24.9 Å². The second kappa shape index (κ2) is 11.5. The van der Waals surface area contributed by atoms with Crippen molar-refractivity contribution in [2.24, 2.45) is 12.0 Å². The molecule has 0 radical (unpaired) electrons. The molecule has 0 amide bonds. The van der Waals surface area contributed by atoms with E-state index in [1.165, 1.54) is 0 Å². The zero-order chi connectivity index (χ0) is 19.1. The van der Waals surface area contributed by atoms with Crippen molar-refractivity contribution in [2.75, 3.05) is 20.1 Å². The lowest BCUT2D eigenvalue weighted by atomic mass is 10.2. The number of guanidine groups is 1. The maximum atomic E-state index is 6.07. The molecule has 0 fully saturated rings. The number of nitrogens with zero attached hydrogens (tertiary/aromatic N) is 5. The number of aliphatic imine (C=N–C) groups is 1. The highest BCUT2D eigenvalue weighted by molar-refractivity contribution is 14.0. The maximum absolute atomic E-state index is 6.07. The first kappa shape index (κ1) is 23.7. The Morgan fingerprint density at radius 1 is 1.44 bits per heavy atom. The van der Waals surface area contributed by atoms with Crippen LogP contribution in [0.1, 0.15) is 50.5 Å². The lowest BCUT2D eigenvalue weighted by Gasteiger charge is -2.22. The SMILES string of the molecule is CCNC(=NCCCc1nc(C(C)C)no1)N(C)Cc1cc(Cl)cn1C.I. The number of rotatable bonds is 8. The molecule has 7 nitrogen and oxygen atoms in total. The second-order valence-corrected chi connectivity index (χ2v) is 7.09. The topological polar surface area (TPSA) is 71.5 Å². The summed E-state index contributed by atoms with van der Waals surface area (Å²) in [6.45, 7) is 8.41. The molecule has 2 aromatic rings. The van der Waals surface area contributed by atoms with Gasteiger partial charge in [-0.2, -0.15) is 4.98 Å². The van der Waals surface area contributed by atoms with Crippen LogP contribution in [0.5, 0.6) is 0 Å². The second-order valence-electron chi connectivity index (χ2n) is 6.66. The molecule has 0 aliphatic rings. The van der Waals surface area contributed by atoms with Gasteiger partial charge in [0.2, 0.25) is 5.89 Å². The summed E-state index contributed by atoms with van der Waals surface area (Å²) in [6.07, 6.45) is 3.50. The van der Waals surface area contributed by atoms with Crippen LogP contribution in [0.2, 0.25) is 5.02 Å². The molecule has 9 heteroatoms. The fraction of sp³-hybridized carbons (Fsp3) is 0.611. The highest BCUT2D eigenvalue weighted by atomic mass is 127. The zero-order valence-corrected chi connectivity index (χ0v) is 19.8. The van der Waals surface area contributed by atoms with Gasteiger partial charge in [-0.1, -0.05) is 30.6 Å². The van der Waals surface area contributed by atoms with Gasteiger partial charge < -0.3 is 19.3 Å². The van der Waals surface area contributed by atoms with Crippen molar-refractivity contribution in [3.05, 3.63) is 34.7 Å². The van der Waals surface area contributed by atoms with Gasteiger partial charge >= 0.3 is 0 Å². The summed E-state index contributed by atoms with van der Waals surface area (Å²) >= 11 is 6.07. The standard InChI is InChI=1S/C18H29ClN6O.HI/c1-6-20-18(25(5)12-15-10-14(19)11-24(15)4)21-9-7-8-16-22-17(13(2)3)23-26-16;/h10-11,13H,6-9,12H2,1-5H3,(H,20,21);1H. The van der Waals surface area contributed by atoms with E-state index in [1.807, 2.05) is 30.9 Å². The number of hydrogen-bond acceptors (Lipinski definition) is 4. The van der Waals surface area contributed by atoms with Gasteiger partial charge in [-0.3, -0.25) is 4.99 Å². The molecule has 0 aliphatic carbocycles. The number of aromatic nitrogens is 3. The van der Waals surface area contributed by atoms with E-state index in [1.54, 1.807) is 0 Å². The van der Waals surface area contributed by atoms with Crippen molar-refractivity contribution in [3.8, 4) is 0 Å². The number of halogens is 2. The molecule has 0 saturated carbocycles. The molecule has 2 aromatic heterocycles. The van der Waals surface area contributed by atoms with E-state index in [-0.39, 0.29) is 29.9 Å². The van der Waals surface area contributed by atoms with Gasteiger partial charge in [0, 0.05) is 51.4 Å². The van der Waals surface area contributed by atoms with Gasteiger partial charge in [-0.05, 0) is 19.4 Å². The van der Waals surface area contributed by atoms with Crippen LogP contribution in [-0.2, 0) is 20.0 Å². The summed E-state index contributed by atoms with van der Waals surface area (Å²) in [7, 11) is 4.02. The normalized spacial score (nSPS) is 11.6. The molecule has 152 valence electrons. The Hall–Kier alpha value is -1.29. The Kier molecular flexibility index (Phi) is 10.1. The fourth-order valence-electron chi connectivity index (χ4n) is 2.53. The van der Waals surface area contributed by atoms with Crippen molar-refractivity contribution in [1.29, 1.82) is 0 Å². The highest BCUT2D eigenvalue weighted by Gasteiger charge is 2.11. The molecule has 0 spiro atoms. The summed E-state index contributed by atoms with van der Waals surface area (Å²) < 4.78 is 7.30. The van der Waals surface area contributed by atoms with Crippen molar-refractivity contribution in [2.45, 2.75) is 46.1 Å². The average molecular weight is 509 g/mol. The summed E-state index contributed by atoms with van der Waals surface area (Å²) in [5.41, 5.74) is 1.13. The maximum Gasteiger partial charge on any atom is 0.226 e. The summed E-state index contributed by atoms with van der Waals surface area (Å²) in [6, 6.07) is 1.98. The smallest absolute Gasteiger partial charge is 0.226 e. The van der Waals surface area contributed by atoms with Gasteiger partial charge in [0.05, 0.1) is 11.6 Å². The first-order valence-corrected chi connectivity index (χ1v) is 9.41. The monoisotopic (exact) mass is 508 g/mol. The molecule has 1 N–H and O–H groups in total. The summed E-state index contributed by atoms with van der Waals surface area (Å²) in [5.74, 6) is 2.60. The van der Waals surface area contributed by atoms with E-state index in [2.05, 4.69) is 41.1 Å². The van der Waals surface area contributed by atoms with Crippen molar-refractivity contribution < 1.29 is 4.52 Å². The minimum Gasteiger partial charge on any atom is -0.357 e. The molecule has 0 atom stereocenters. The van der Waals surface area contributed by atoms with Crippen LogP contribution in [0, 0.1) is 0 Å². The van der Waals surface area contributed by atoms with Crippen LogP contribution in [0.3, 0.4) is 0 Å². The summed E-state index contributed by atoms with van der Waals surface area (Å²) in [4.78, 5) is 11.2. The predicted molar refractivity (Wildman–Crippen MR) is 120 cm³/mol. The first-order chi connectivity index (χ1) is 12.4. The Balaban J connectivity index is 0.00000364. The molecular formula is C18H30ClIN6O. The molecule has 0 unspecified atom stereocenters. The lowest BCUT2D eigenvalue weighted by Crippen LogP contribution is -2.38. The molecule has 0 saturated heterocycles. The molecule has 0 aromatic carbocycles. The van der Waals surface area contributed by atoms with Crippen molar-refractivity contribution >= 4 is 41.5 Å². The third-order valence-corrected chi connectivity index (χ3v) is 4.19. The van der Waals surface area contributed by atoms with E-state index < -0.39 is 0 Å². The minimum atomic E-state index is 0. The first-order valence-electron chi connectivity index (χ1n) is 9.03. The van der Waals surface area contributed by atoms with E-state index in [0.717, 1.165) is 48.4 Å². The Morgan fingerprint density at radius 3 is 2.74 bits per heavy atom. The van der Waals surface area contributed by atoms with Gasteiger partial charge in [-0.15, -0.1) is 24.0 Å². The number of aryl methyl sites for hydroxylation is 2. The van der Waals surface area contributed by atoms with E-state index >= 15 is 0 Å². The van der Waals surface area contributed by atoms with Crippen molar-refractivity contribution in [3.63, 3.8) is 0 Å². The van der Waals surface area contributed by atoms with Crippen LogP contribution in [0.4, 0.5) is 0 Å². The van der Waals surface area contributed by atoms with Crippen LogP contribution < -0.4 is 5.32 Å². The van der Waals surface area contributed by atoms with Gasteiger partial charge in [0.25, 0.3) is 0 Å². The molecular weight excluding hydrogens is 479 g/mol. The Morgan fingerprint density at radius 2 is 2.19 bits per heavy atom. The largest absolute Gasteiger partial charge is 0.357 e. The van der Waals surface area contributed by atoms with E-state index in [4.69, 9.17) is 21.1 Å². The Bertz CT molecular complexity index is 727. The Labute approximate surface area is 183 Å². The lowest BCUT2D eigenvalue weighted by molar-refractivity contribution is 0.369. The fourth-order valence-corrected chi connectivity index (χ4v) is 2.80. The van der Waals surface area contributed by atoms with Crippen LogP contribution in [-0.4, -0.2) is 45.7 Å². The number of hydrogen-bond donors (Lipinski definition) is 1. The quantitative estimate of drug-likeness (QED) is 0.254. The van der Waals surface area contributed by atoms with E-state index in [9.17, 15) is 0 Å². The summed E-state index contributed by atoms with van der Waals surface area (Å²) in [5, 5.41) is 8.07. The third kappa shape index (κ3) is 7.33. The molecule has 27 heavy (non-hydrogen) atoms. The minimum absolute atomic E-state index is 0. The molecule has 2 heterocycles.